The molecule has 31 heavy (non-hydrogen) atoms. The van der Waals surface area contributed by atoms with Gasteiger partial charge in [0.25, 0.3) is 0 Å². The number of hydrogen-bond donors (Lipinski definition) is 1. The van der Waals surface area contributed by atoms with Gasteiger partial charge in [-0.2, -0.15) is 5.26 Å². The normalized spacial score (nSPS) is 11.4. The number of aromatic nitrogens is 2. The summed E-state index contributed by atoms with van der Waals surface area (Å²) in [7, 11) is 1.56. The van der Waals surface area contributed by atoms with Crippen LogP contribution in [-0.4, -0.2) is 17.1 Å². The van der Waals surface area contributed by atoms with Gasteiger partial charge >= 0.3 is 0 Å². The number of halogens is 2. The van der Waals surface area contributed by atoms with Gasteiger partial charge in [-0.1, -0.05) is 30.3 Å². The Kier molecular flexibility index (Phi) is 6.01. The zero-order valence-corrected chi connectivity index (χ0v) is 18.1. The average molecular weight is 478 g/mol. The zero-order valence-electron chi connectivity index (χ0n) is 16.5. The van der Waals surface area contributed by atoms with Crippen LogP contribution in [0.4, 0.5) is 4.39 Å². The van der Waals surface area contributed by atoms with E-state index >= 15 is 0 Å². The minimum Gasteiger partial charge on any atom is -0.493 e. The number of methoxy groups -OCH3 is 1. The summed E-state index contributed by atoms with van der Waals surface area (Å²) in [5, 5.41) is 9.66. The molecule has 0 radical (unpaired) electrons. The van der Waals surface area contributed by atoms with Gasteiger partial charge < -0.3 is 14.5 Å². The summed E-state index contributed by atoms with van der Waals surface area (Å²) in [6.45, 7) is 0.393. The Morgan fingerprint density at radius 1 is 1.19 bits per heavy atom. The number of nitrogens with zero attached hydrogens (tertiary/aromatic N) is 2. The second kappa shape index (κ2) is 9.02. The third-order valence-electron chi connectivity index (χ3n) is 4.61. The fourth-order valence-electron chi connectivity index (χ4n) is 3.12. The van der Waals surface area contributed by atoms with Crippen LogP contribution in [0.25, 0.3) is 22.7 Å². The van der Waals surface area contributed by atoms with Crippen molar-refractivity contribution < 1.29 is 13.9 Å². The largest absolute Gasteiger partial charge is 0.493 e. The predicted molar refractivity (Wildman–Crippen MR) is 121 cm³/mol. The first-order valence-corrected chi connectivity index (χ1v) is 10.2. The van der Waals surface area contributed by atoms with Gasteiger partial charge in [0.1, 0.15) is 24.3 Å². The molecule has 0 saturated heterocycles. The third kappa shape index (κ3) is 4.60. The maximum Gasteiger partial charge on any atom is 0.175 e. The molecular formula is C24H17BrFN3O2. The van der Waals surface area contributed by atoms with Crippen molar-refractivity contribution >= 4 is 38.6 Å². The van der Waals surface area contributed by atoms with Crippen molar-refractivity contribution in [1.29, 1.82) is 5.26 Å². The van der Waals surface area contributed by atoms with Gasteiger partial charge in [0, 0.05) is 0 Å². The standard InChI is InChI=1S/C24H17BrFN3O2/c1-30-22-11-16(10-19(25)23(22)31-14-15-5-3-2-4-6-15)9-17(13-27)24-28-20-8-7-18(26)12-21(20)29-24/h2-12H,14H2,1H3,(H,28,29)/b17-9-. The number of ether oxygens (including phenoxy) is 2. The molecule has 0 amide bonds. The number of imidazole rings is 1. The van der Waals surface area contributed by atoms with Crippen molar-refractivity contribution in [2.24, 2.45) is 0 Å². The van der Waals surface area contributed by atoms with E-state index < -0.39 is 0 Å². The lowest BCUT2D eigenvalue weighted by Gasteiger charge is -2.14. The molecule has 7 heteroatoms. The first kappa shape index (κ1) is 20.6. The maximum absolute atomic E-state index is 13.5. The Morgan fingerprint density at radius 3 is 2.74 bits per heavy atom. The topological polar surface area (TPSA) is 70.9 Å². The van der Waals surface area contributed by atoms with Gasteiger partial charge in [0.15, 0.2) is 11.5 Å². The molecule has 5 nitrogen and oxygen atoms in total. The molecule has 1 heterocycles. The Labute approximate surface area is 186 Å². The molecule has 0 aliphatic heterocycles. The van der Waals surface area contributed by atoms with Crippen LogP contribution in [0.15, 0.2) is 65.1 Å². The minimum absolute atomic E-state index is 0.309. The molecule has 4 aromatic rings. The summed E-state index contributed by atoms with van der Waals surface area (Å²) >= 11 is 3.53. The van der Waals surface area contributed by atoms with Gasteiger partial charge in [0.2, 0.25) is 0 Å². The van der Waals surface area contributed by atoms with Crippen LogP contribution < -0.4 is 9.47 Å². The summed E-state index contributed by atoms with van der Waals surface area (Å²) in [5.74, 6) is 1.09. The Balaban J connectivity index is 1.65. The van der Waals surface area contributed by atoms with Crippen LogP contribution in [0.3, 0.4) is 0 Å². The summed E-state index contributed by atoms with van der Waals surface area (Å²) in [6, 6.07) is 19.8. The van der Waals surface area contributed by atoms with Crippen molar-refractivity contribution in [1.82, 2.24) is 9.97 Å². The molecule has 0 fully saturated rings. The second-order valence-electron chi connectivity index (χ2n) is 6.73. The number of fused-ring (bicyclic) bond motifs is 1. The molecule has 1 N–H and O–H groups in total. The Bertz CT molecular complexity index is 1310. The van der Waals surface area contributed by atoms with Crippen molar-refractivity contribution in [2.45, 2.75) is 6.61 Å². The van der Waals surface area contributed by atoms with E-state index in [0.29, 0.717) is 45.0 Å². The summed E-state index contributed by atoms with van der Waals surface area (Å²) < 4.78 is 25.6. The van der Waals surface area contributed by atoms with E-state index in [-0.39, 0.29) is 5.82 Å². The van der Waals surface area contributed by atoms with Gasteiger partial charge in [-0.15, -0.1) is 0 Å². The van der Waals surface area contributed by atoms with Crippen molar-refractivity contribution in [2.75, 3.05) is 7.11 Å². The summed E-state index contributed by atoms with van der Waals surface area (Å²) in [6.07, 6.45) is 1.68. The van der Waals surface area contributed by atoms with E-state index in [1.54, 1.807) is 25.3 Å². The fourth-order valence-corrected chi connectivity index (χ4v) is 3.70. The van der Waals surface area contributed by atoms with Crippen LogP contribution in [0.5, 0.6) is 11.5 Å². The van der Waals surface area contributed by atoms with Crippen LogP contribution >= 0.6 is 15.9 Å². The van der Waals surface area contributed by atoms with Crippen LogP contribution in [0.2, 0.25) is 0 Å². The fraction of sp³-hybridized carbons (Fsp3) is 0.0833. The number of allylic oxidation sites excluding steroid dienone is 1. The molecule has 0 saturated carbocycles. The lowest BCUT2D eigenvalue weighted by molar-refractivity contribution is 0.282. The van der Waals surface area contributed by atoms with Crippen LogP contribution in [-0.2, 0) is 6.61 Å². The van der Waals surface area contributed by atoms with Gasteiger partial charge in [-0.25, -0.2) is 9.37 Å². The SMILES string of the molecule is COc1cc(/C=C(/C#N)c2nc3ccc(F)cc3[nH]2)cc(Br)c1OCc1ccccc1. The average Bonchev–Trinajstić information content (AvgIpc) is 3.20. The van der Waals surface area contributed by atoms with Crippen molar-refractivity contribution in [3.8, 4) is 17.6 Å². The van der Waals surface area contributed by atoms with Gasteiger partial charge in [0.05, 0.1) is 28.2 Å². The highest BCUT2D eigenvalue weighted by molar-refractivity contribution is 9.10. The van der Waals surface area contributed by atoms with E-state index in [1.807, 2.05) is 36.4 Å². The minimum atomic E-state index is -0.370. The number of benzene rings is 3. The van der Waals surface area contributed by atoms with Crippen LogP contribution in [0.1, 0.15) is 17.0 Å². The molecule has 0 aliphatic rings. The van der Waals surface area contributed by atoms with Gasteiger partial charge in [-0.05, 0) is 63.5 Å². The number of hydrogen-bond acceptors (Lipinski definition) is 4. The van der Waals surface area contributed by atoms with E-state index in [9.17, 15) is 9.65 Å². The van der Waals surface area contributed by atoms with Crippen molar-refractivity contribution in [3.05, 3.63) is 87.9 Å². The Hall–Kier alpha value is -3.63. The first-order valence-electron chi connectivity index (χ1n) is 9.39. The quantitative estimate of drug-likeness (QED) is 0.339. The lowest BCUT2D eigenvalue weighted by atomic mass is 10.1. The number of H-pyrrole nitrogens is 1. The molecule has 154 valence electrons. The van der Waals surface area contributed by atoms with Crippen molar-refractivity contribution in [3.63, 3.8) is 0 Å². The lowest BCUT2D eigenvalue weighted by Crippen LogP contribution is -1.99. The Morgan fingerprint density at radius 2 is 2.00 bits per heavy atom. The molecule has 0 aliphatic carbocycles. The molecule has 0 unspecified atom stereocenters. The van der Waals surface area contributed by atoms with Crippen LogP contribution in [0, 0.1) is 17.1 Å². The molecule has 4 rings (SSSR count). The smallest absolute Gasteiger partial charge is 0.175 e. The third-order valence-corrected chi connectivity index (χ3v) is 5.20. The zero-order chi connectivity index (χ0) is 21.8. The van der Waals surface area contributed by atoms with E-state index in [4.69, 9.17) is 9.47 Å². The predicted octanol–water partition coefficient (Wildman–Crippen LogP) is 6.12. The highest BCUT2D eigenvalue weighted by atomic mass is 79.9. The summed E-state index contributed by atoms with van der Waals surface area (Å²) in [5.41, 5.74) is 3.18. The monoisotopic (exact) mass is 477 g/mol. The maximum atomic E-state index is 13.5. The summed E-state index contributed by atoms with van der Waals surface area (Å²) in [4.78, 5) is 7.38. The van der Waals surface area contributed by atoms with Gasteiger partial charge in [-0.3, -0.25) is 0 Å². The highest BCUT2D eigenvalue weighted by Gasteiger charge is 2.14. The number of nitriles is 1. The molecular weight excluding hydrogens is 461 g/mol. The highest BCUT2D eigenvalue weighted by Crippen LogP contribution is 2.38. The van der Waals surface area contributed by atoms with E-state index in [0.717, 1.165) is 11.1 Å². The number of nitrogens with one attached hydrogen (secondary N) is 1. The molecule has 3 aromatic carbocycles. The second-order valence-corrected chi connectivity index (χ2v) is 7.58. The first-order chi connectivity index (χ1) is 15.1. The number of rotatable bonds is 6. The molecule has 0 bridgehead atoms. The molecule has 1 aromatic heterocycles. The van der Waals surface area contributed by atoms with E-state index in [2.05, 4.69) is 32.0 Å². The number of aromatic amines is 1. The molecule has 0 spiro atoms. The molecule has 0 atom stereocenters. The van der Waals surface area contributed by atoms with E-state index in [1.165, 1.54) is 12.1 Å².